The minimum absolute atomic E-state index is 0.136. The Bertz CT molecular complexity index is 304. The van der Waals surface area contributed by atoms with Crippen molar-refractivity contribution in [2.75, 3.05) is 18.7 Å². The molecule has 3 nitrogen and oxygen atoms in total. The van der Waals surface area contributed by atoms with E-state index < -0.39 is 15.6 Å². The maximum atomic E-state index is 12.0. The molecule has 0 amide bonds. The van der Waals surface area contributed by atoms with Crippen LogP contribution in [0.15, 0.2) is 0 Å². The van der Waals surface area contributed by atoms with Crippen LogP contribution in [0.25, 0.3) is 0 Å². The summed E-state index contributed by atoms with van der Waals surface area (Å²) in [5.41, 5.74) is -0.777. The molecule has 0 radical (unpaired) electrons. The molecule has 0 fully saturated rings. The fraction of sp³-hybridized carbons (Fsp3) is 1.00. The van der Waals surface area contributed by atoms with Gasteiger partial charge >= 0.3 is 0 Å². The zero-order valence-corrected chi connectivity index (χ0v) is 12.0. The Kier molecular flexibility index (Phi) is 4.66. The lowest BCUT2D eigenvalue weighted by Gasteiger charge is -2.34. The molecule has 0 bridgehead atoms. The number of rotatable bonds is 4. The van der Waals surface area contributed by atoms with Crippen molar-refractivity contribution in [1.29, 1.82) is 0 Å². The van der Waals surface area contributed by atoms with Gasteiger partial charge in [-0.25, -0.2) is 8.42 Å². The molecule has 0 aromatic carbocycles. The molecule has 0 aliphatic rings. The highest BCUT2D eigenvalue weighted by Gasteiger charge is 2.34. The smallest absolute Gasteiger partial charge is 0.212 e. The van der Waals surface area contributed by atoms with Gasteiger partial charge < -0.3 is 0 Å². The Labute approximate surface area is 98.8 Å². The van der Waals surface area contributed by atoms with Crippen molar-refractivity contribution >= 4 is 21.6 Å². The molecule has 5 heteroatoms. The summed E-state index contributed by atoms with van der Waals surface area (Å²) in [7, 11) is -1.65. The highest BCUT2D eigenvalue weighted by molar-refractivity contribution is 7.89. The molecule has 0 unspecified atom stereocenters. The fourth-order valence-corrected chi connectivity index (χ4v) is 3.46. The van der Waals surface area contributed by atoms with Crippen molar-refractivity contribution < 1.29 is 8.42 Å². The molecular formula is C10H22ClNO2S. The minimum Gasteiger partial charge on any atom is -0.212 e. The number of hydrogen-bond acceptors (Lipinski definition) is 2. The van der Waals surface area contributed by atoms with E-state index in [4.69, 9.17) is 11.6 Å². The predicted molar refractivity (Wildman–Crippen MR) is 65.8 cm³/mol. The van der Waals surface area contributed by atoms with Crippen LogP contribution >= 0.6 is 11.6 Å². The third-order valence-electron chi connectivity index (χ3n) is 2.21. The van der Waals surface area contributed by atoms with Crippen molar-refractivity contribution in [3.05, 3.63) is 0 Å². The van der Waals surface area contributed by atoms with Crippen molar-refractivity contribution in [2.24, 2.45) is 5.41 Å². The molecule has 0 aromatic rings. The van der Waals surface area contributed by atoms with E-state index in [1.807, 2.05) is 34.6 Å². The predicted octanol–water partition coefficient (Wildman–Crippen LogP) is 2.31. The fourth-order valence-electron chi connectivity index (χ4n) is 1.10. The van der Waals surface area contributed by atoms with Crippen LogP contribution in [0.5, 0.6) is 0 Å². The maximum absolute atomic E-state index is 12.0. The average Bonchev–Trinajstić information content (AvgIpc) is 1.98. The molecule has 0 N–H and O–H groups in total. The van der Waals surface area contributed by atoms with E-state index in [-0.39, 0.29) is 17.0 Å². The molecule has 0 rings (SSSR count). The van der Waals surface area contributed by atoms with Gasteiger partial charge in [-0.1, -0.05) is 20.8 Å². The monoisotopic (exact) mass is 255 g/mol. The van der Waals surface area contributed by atoms with Crippen LogP contribution in [-0.4, -0.2) is 36.9 Å². The van der Waals surface area contributed by atoms with Crippen LogP contribution in [0.1, 0.15) is 34.6 Å². The first-order chi connectivity index (χ1) is 6.42. The van der Waals surface area contributed by atoms with Gasteiger partial charge in [-0.2, -0.15) is 4.31 Å². The van der Waals surface area contributed by atoms with E-state index in [0.717, 1.165) is 0 Å². The summed E-state index contributed by atoms with van der Waals surface area (Å²) >= 11 is 5.76. The van der Waals surface area contributed by atoms with Gasteiger partial charge in [0.05, 0.1) is 5.75 Å². The molecule has 0 heterocycles. The number of sulfonamides is 1. The van der Waals surface area contributed by atoms with E-state index >= 15 is 0 Å². The first-order valence-corrected chi connectivity index (χ1v) is 7.09. The highest BCUT2D eigenvalue weighted by Crippen LogP contribution is 2.23. The van der Waals surface area contributed by atoms with Gasteiger partial charge in [0.1, 0.15) is 0 Å². The number of alkyl halides is 1. The van der Waals surface area contributed by atoms with Crippen molar-refractivity contribution in [2.45, 2.75) is 40.2 Å². The molecule has 92 valence electrons. The average molecular weight is 256 g/mol. The number of halogens is 1. The molecule has 0 spiro atoms. The summed E-state index contributed by atoms with van der Waals surface area (Å²) in [6.07, 6.45) is 0. The van der Waals surface area contributed by atoms with Gasteiger partial charge in [0, 0.05) is 18.5 Å². The van der Waals surface area contributed by atoms with E-state index in [1.165, 1.54) is 4.31 Å². The Morgan fingerprint density at radius 2 is 1.53 bits per heavy atom. The summed E-state index contributed by atoms with van der Waals surface area (Å²) in [6, 6.07) is 0. The summed E-state index contributed by atoms with van der Waals surface area (Å²) < 4.78 is 25.4. The van der Waals surface area contributed by atoms with Gasteiger partial charge in [0.15, 0.2) is 0 Å². The lowest BCUT2D eigenvalue weighted by Crippen LogP contribution is -2.48. The zero-order valence-electron chi connectivity index (χ0n) is 10.5. The second kappa shape index (κ2) is 4.60. The van der Waals surface area contributed by atoms with E-state index in [9.17, 15) is 8.42 Å². The molecular weight excluding hydrogens is 234 g/mol. The van der Waals surface area contributed by atoms with Crippen molar-refractivity contribution in [3.63, 3.8) is 0 Å². The van der Waals surface area contributed by atoms with Gasteiger partial charge in [0.25, 0.3) is 0 Å². The third-order valence-corrected chi connectivity index (χ3v) is 5.43. The van der Waals surface area contributed by atoms with Crippen molar-refractivity contribution in [1.82, 2.24) is 4.31 Å². The highest BCUT2D eigenvalue weighted by atomic mass is 35.5. The molecule has 0 atom stereocenters. The van der Waals surface area contributed by atoms with Gasteiger partial charge in [-0.05, 0) is 19.3 Å². The van der Waals surface area contributed by atoms with E-state index in [1.54, 1.807) is 7.05 Å². The standard InChI is InChI=1S/C10H22ClNO2S/c1-9(2,3)8-15(13,14)12(6)10(4,5)7-11/h7-8H2,1-6H3. The second-order valence-electron chi connectivity index (χ2n) is 5.73. The number of hydrogen-bond donors (Lipinski definition) is 0. The van der Waals surface area contributed by atoms with Crippen LogP contribution in [-0.2, 0) is 10.0 Å². The Morgan fingerprint density at radius 3 is 1.80 bits per heavy atom. The SMILES string of the molecule is CN(C(C)(C)CCl)S(=O)(=O)CC(C)(C)C. The van der Waals surface area contributed by atoms with Crippen molar-refractivity contribution in [3.8, 4) is 0 Å². The topological polar surface area (TPSA) is 37.4 Å². The van der Waals surface area contributed by atoms with Gasteiger partial charge in [-0.3, -0.25) is 0 Å². The Balaban J connectivity index is 4.91. The van der Waals surface area contributed by atoms with E-state index in [0.29, 0.717) is 0 Å². The molecule has 0 saturated heterocycles. The quantitative estimate of drug-likeness (QED) is 0.723. The zero-order chi connectivity index (χ0) is 12.5. The number of nitrogens with zero attached hydrogens (tertiary/aromatic N) is 1. The third kappa shape index (κ3) is 4.70. The largest absolute Gasteiger partial charge is 0.214 e. The van der Waals surface area contributed by atoms with Crippen LogP contribution in [0.3, 0.4) is 0 Å². The lowest BCUT2D eigenvalue weighted by atomic mass is 10.0. The van der Waals surface area contributed by atoms with Crippen LogP contribution in [0.4, 0.5) is 0 Å². The second-order valence-corrected chi connectivity index (χ2v) is 8.00. The summed E-state index contributed by atoms with van der Waals surface area (Å²) in [6.45, 7) is 9.37. The Morgan fingerprint density at radius 1 is 1.13 bits per heavy atom. The molecule has 0 aliphatic carbocycles. The van der Waals surface area contributed by atoms with E-state index in [2.05, 4.69) is 0 Å². The van der Waals surface area contributed by atoms with Crippen LogP contribution in [0, 0.1) is 5.41 Å². The molecule has 0 aliphatic heterocycles. The summed E-state index contributed by atoms with van der Waals surface area (Å²) in [5.74, 6) is 0.420. The minimum atomic E-state index is -3.24. The first-order valence-electron chi connectivity index (χ1n) is 4.95. The normalized spacial score (nSPS) is 14.7. The first kappa shape index (κ1) is 15.2. The van der Waals surface area contributed by atoms with Crippen LogP contribution in [0.2, 0.25) is 0 Å². The molecule has 0 saturated carbocycles. The Hall–Kier alpha value is 0.200. The summed E-state index contributed by atoms with van der Waals surface area (Å²) in [4.78, 5) is 0. The van der Waals surface area contributed by atoms with Gasteiger partial charge in [0.2, 0.25) is 10.0 Å². The lowest BCUT2D eigenvalue weighted by molar-refractivity contribution is 0.290. The maximum Gasteiger partial charge on any atom is 0.214 e. The van der Waals surface area contributed by atoms with Gasteiger partial charge in [-0.15, -0.1) is 11.6 Å². The summed E-state index contributed by atoms with van der Waals surface area (Å²) in [5, 5.41) is 0. The molecule has 15 heavy (non-hydrogen) atoms. The van der Waals surface area contributed by atoms with Crippen LogP contribution < -0.4 is 0 Å². The molecule has 0 aromatic heterocycles.